The van der Waals surface area contributed by atoms with E-state index in [1.807, 2.05) is 59.5 Å². The maximum absolute atomic E-state index is 16.7. The summed E-state index contributed by atoms with van der Waals surface area (Å²) in [5.74, 6) is -2.49. The molecule has 6 aromatic rings. The number of ether oxygens (including phenoxy) is 3. The van der Waals surface area contributed by atoms with Crippen molar-refractivity contribution in [2.24, 2.45) is 11.8 Å². The number of H-pyrrole nitrogens is 2. The lowest BCUT2D eigenvalue weighted by atomic mass is 9.90. The normalized spacial score (nSPS) is 22.3. The van der Waals surface area contributed by atoms with Crippen LogP contribution < -0.4 is 10.6 Å². The van der Waals surface area contributed by atoms with Crippen molar-refractivity contribution >= 4 is 35.0 Å². The molecule has 3 aliphatic heterocycles. The van der Waals surface area contributed by atoms with E-state index in [0.717, 1.165) is 31.2 Å². The molecule has 0 spiro atoms. The van der Waals surface area contributed by atoms with E-state index in [1.54, 1.807) is 35.4 Å². The predicted molar refractivity (Wildman–Crippen MR) is 250 cm³/mol. The molecule has 4 aromatic carbocycles. The fraction of sp³-hybridized carbons (Fsp3) is 0.385. The highest BCUT2D eigenvalue weighted by Gasteiger charge is 2.52. The zero-order chi connectivity index (χ0) is 47.6. The van der Waals surface area contributed by atoms with Crippen molar-refractivity contribution in [3.05, 3.63) is 119 Å². The minimum Gasteiger partial charge on any atom is -0.453 e. The first-order valence-corrected chi connectivity index (χ1v) is 23.7. The largest absolute Gasteiger partial charge is 0.453 e. The number of amides is 4. The van der Waals surface area contributed by atoms with Crippen LogP contribution in [0, 0.1) is 11.8 Å². The number of benzene rings is 4. The first kappa shape index (κ1) is 44.4. The number of carbonyl (C=O) groups excluding carboxylic acids is 4. The van der Waals surface area contributed by atoms with Crippen LogP contribution in [0.4, 0.5) is 18.4 Å². The van der Waals surface area contributed by atoms with Crippen LogP contribution in [0.1, 0.15) is 91.4 Å². The number of nitrogens with one attached hydrogen (secondary N) is 4. The fourth-order valence-electron chi connectivity index (χ4n) is 11.6. The zero-order valence-corrected chi connectivity index (χ0v) is 38.2. The highest BCUT2D eigenvalue weighted by Crippen LogP contribution is 2.54. The van der Waals surface area contributed by atoms with Gasteiger partial charge in [0, 0.05) is 42.5 Å². The van der Waals surface area contributed by atoms with Gasteiger partial charge < -0.3 is 44.6 Å². The maximum atomic E-state index is 16.7. The zero-order valence-electron chi connectivity index (χ0n) is 38.2. The third-order valence-corrected chi connectivity index (χ3v) is 15.0. The molecule has 2 unspecified atom stereocenters. The molecule has 1 saturated carbocycles. The number of imidazole rings is 2. The van der Waals surface area contributed by atoms with E-state index in [-0.39, 0.29) is 52.9 Å². The van der Waals surface area contributed by atoms with E-state index in [0.29, 0.717) is 95.2 Å². The number of nitrogens with zero attached hydrogens (tertiary/aromatic N) is 4. The molecule has 15 nitrogen and oxygen atoms in total. The van der Waals surface area contributed by atoms with E-state index < -0.39 is 30.2 Å². The Labute approximate surface area is 396 Å². The van der Waals surface area contributed by atoms with Crippen molar-refractivity contribution < 1.29 is 42.2 Å². The van der Waals surface area contributed by atoms with Crippen LogP contribution in [-0.2, 0) is 29.7 Å². The Kier molecular flexibility index (Phi) is 11.4. The average Bonchev–Trinajstić information content (AvgIpc) is 4.26. The Morgan fingerprint density at radius 2 is 1.48 bits per heavy atom. The number of aromatic nitrogens is 4. The van der Waals surface area contributed by atoms with Crippen LogP contribution in [0.15, 0.2) is 91.1 Å². The number of halogens is 2. The molecule has 5 aliphatic rings. The lowest BCUT2D eigenvalue weighted by Gasteiger charge is -2.36. The van der Waals surface area contributed by atoms with Crippen LogP contribution >= 0.6 is 0 Å². The van der Waals surface area contributed by atoms with Crippen LogP contribution in [0.2, 0.25) is 0 Å². The lowest BCUT2D eigenvalue weighted by Crippen LogP contribution is -2.53. The van der Waals surface area contributed by atoms with Gasteiger partial charge in [-0.1, -0.05) is 60.7 Å². The number of methoxy groups -OCH3 is 2. The van der Waals surface area contributed by atoms with Crippen LogP contribution in [-0.4, -0.2) is 99.8 Å². The standard InChI is InChI=1S/C52H52F2N8O7/c1-67-50(65)59-43(29-18-21-69-22-19-29)48(63)61-20-6-9-42(61)46-55-27-41(58-46)32-12-16-36-35-15-11-30(24-37(35)52(53,54)38(36)25-32)31-13-17-39-40(26-31)57-47(56-39)45-33-10-14-34(23-33)62(45)49(64)44(60-51(66)68-2)28-7-4-3-5-8-28/h3-5,7-8,11-13,15-17,24-27,29,33-34,42-45H,6,9-10,14,18-23H2,1-2H3,(H,55,58)(H,56,57)(H,59,65)(H,60,66)/t33?,34-,42?,43+,44-,45+/m1/s1. The maximum Gasteiger partial charge on any atom is 0.407 e. The van der Waals surface area contributed by atoms with Crippen molar-refractivity contribution in [1.29, 1.82) is 0 Å². The minimum atomic E-state index is -3.30. The van der Waals surface area contributed by atoms with Crippen LogP contribution in [0.5, 0.6) is 0 Å². The molecule has 6 atom stereocenters. The molecular formula is C52H52F2N8O7. The van der Waals surface area contributed by atoms with E-state index >= 15 is 8.78 Å². The summed E-state index contributed by atoms with van der Waals surface area (Å²) in [4.78, 5) is 73.4. The third-order valence-electron chi connectivity index (χ3n) is 15.0. The molecule has 5 heterocycles. The highest BCUT2D eigenvalue weighted by atomic mass is 19.3. The van der Waals surface area contributed by atoms with Gasteiger partial charge in [0.1, 0.15) is 23.7 Å². The van der Waals surface area contributed by atoms with Gasteiger partial charge in [0.05, 0.1) is 49.2 Å². The molecule has 2 aromatic heterocycles. The Balaban J connectivity index is 0.830. The molecule has 3 saturated heterocycles. The number of fused-ring (bicyclic) bond motifs is 6. The van der Waals surface area contributed by atoms with E-state index in [9.17, 15) is 19.2 Å². The molecule has 4 fully saturated rings. The van der Waals surface area contributed by atoms with Gasteiger partial charge in [0.15, 0.2) is 0 Å². The summed E-state index contributed by atoms with van der Waals surface area (Å²) >= 11 is 0. The van der Waals surface area contributed by atoms with Gasteiger partial charge >= 0.3 is 12.2 Å². The first-order chi connectivity index (χ1) is 33.5. The van der Waals surface area contributed by atoms with Crippen LogP contribution in [0.25, 0.3) is 44.5 Å². The summed E-state index contributed by atoms with van der Waals surface area (Å²) in [6.07, 6.45) is 5.52. The second kappa shape index (κ2) is 17.7. The fourth-order valence-corrected chi connectivity index (χ4v) is 11.6. The molecular weight excluding hydrogens is 887 g/mol. The number of piperidine rings is 1. The summed E-state index contributed by atoms with van der Waals surface area (Å²) in [6, 6.07) is 22.5. The summed E-state index contributed by atoms with van der Waals surface area (Å²) in [6.45, 7) is 1.49. The molecule has 2 aliphatic carbocycles. The van der Waals surface area contributed by atoms with E-state index in [1.165, 1.54) is 20.3 Å². The number of aromatic amines is 2. The second-order valence-corrected chi connectivity index (χ2v) is 18.8. The van der Waals surface area contributed by atoms with Crippen molar-refractivity contribution in [3.8, 4) is 33.5 Å². The number of alkyl halides is 2. The Morgan fingerprint density at radius 3 is 2.23 bits per heavy atom. The number of likely N-dealkylation sites (tertiary alicyclic amines) is 2. The summed E-state index contributed by atoms with van der Waals surface area (Å²) < 4.78 is 48.7. The van der Waals surface area contributed by atoms with Gasteiger partial charge in [-0.15, -0.1) is 0 Å². The quantitative estimate of drug-likeness (QED) is 0.104. The molecule has 356 valence electrons. The number of alkyl carbamates (subject to hydrolysis) is 2. The Morgan fingerprint density at radius 1 is 0.783 bits per heavy atom. The van der Waals surface area contributed by atoms with E-state index in [4.69, 9.17) is 19.2 Å². The highest BCUT2D eigenvalue weighted by molar-refractivity contribution is 5.90. The summed E-state index contributed by atoms with van der Waals surface area (Å²) in [5.41, 5.74) is 5.18. The minimum absolute atomic E-state index is 0.00739. The first-order valence-electron chi connectivity index (χ1n) is 23.7. The van der Waals surface area contributed by atoms with Gasteiger partial charge in [0.2, 0.25) is 5.91 Å². The lowest BCUT2D eigenvalue weighted by molar-refractivity contribution is -0.138. The number of carbonyl (C=O) groups is 4. The SMILES string of the molecule is COC(=O)N[C@H](C(=O)N1CCCC1c1ncc(-c2ccc3c(c2)C(F)(F)c2cc(-c4ccc5nc([C@@H]6C7CC[C@H](C7)N6C(=O)[C@H](NC(=O)OC)c6ccccc6)[nH]c5c4)ccc2-3)[nH]1)C1CCOCC1. The number of rotatable bonds is 10. The van der Waals surface area contributed by atoms with Gasteiger partial charge in [-0.05, 0) is 109 Å². The average molecular weight is 939 g/mol. The number of hydrogen-bond acceptors (Lipinski definition) is 9. The smallest absolute Gasteiger partial charge is 0.407 e. The Bertz CT molecular complexity index is 2970. The second-order valence-electron chi connectivity index (χ2n) is 18.8. The van der Waals surface area contributed by atoms with Crippen molar-refractivity contribution in [1.82, 2.24) is 40.4 Å². The predicted octanol–water partition coefficient (Wildman–Crippen LogP) is 8.70. The van der Waals surface area contributed by atoms with Gasteiger partial charge in [-0.3, -0.25) is 9.59 Å². The number of hydrogen-bond donors (Lipinski definition) is 4. The van der Waals surface area contributed by atoms with Gasteiger partial charge in [-0.2, -0.15) is 8.78 Å². The van der Waals surface area contributed by atoms with Crippen molar-refractivity contribution in [3.63, 3.8) is 0 Å². The molecule has 11 rings (SSSR count). The summed E-state index contributed by atoms with van der Waals surface area (Å²) in [7, 11) is 2.54. The third kappa shape index (κ3) is 7.85. The van der Waals surface area contributed by atoms with Crippen LogP contribution in [0.3, 0.4) is 0 Å². The molecule has 4 amide bonds. The Hall–Kier alpha value is -7.14. The topological polar surface area (TPSA) is 184 Å². The molecule has 4 N–H and O–H groups in total. The molecule has 2 bridgehead atoms. The summed E-state index contributed by atoms with van der Waals surface area (Å²) in [5, 5.41) is 5.52. The molecule has 69 heavy (non-hydrogen) atoms. The molecule has 0 radical (unpaired) electrons. The van der Waals surface area contributed by atoms with Crippen molar-refractivity contribution in [2.45, 2.75) is 81.1 Å². The molecule has 17 heteroatoms. The van der Waals surface area contributed by atoms with Crippen molar-refractivity contribution in [2.75, 3.05) is 34.0 Å². The van der Waals surface area contributed by atoms with E-state index in [2.05, 4.69) is 25.6 Å². The van der Waals surface area contributed by atoms with Gasteiger partial charge in [0.25, 0.3) is 11.8 Å². The van der Waals surface area contributed by atoms with Gasteiger partial charge in [-0.25, -0.2) is 19.6 Å². The monoisotopic (exact) mass is 938 g/mol.